The van der Waals surface area contributed by atoms with Crippen LogP contribution >= 0.6 is 0 Å². The van der Waals surface area contributed by atoms with Crippen LogP contribution in [0.5, 0.6) is 5.75 Å². The van der Waals surface area contributed by atoms with Crippen LogP contribution in [-0.2, 0) is 0 Å². The quantitative estimate of drug-likeness (QED) is 0.689. The van der Waals surface area contributed by atoms with Crippen LogP contribution < -0.4 is 15.4 Å². The molecule has 0 spiro atoms. The molecule has 0 aliphatic heterocycles. The Kier molecular flexibility index (Phi) is 6.23. The van der Waals surface area contributed by atoms with E-state index in [2.05, 4.69) is 10.6 Å². The van der Waals surface area contributed by atoms with Gasteiger partial charge in [-0.15, -0.1) is 0 Å². The normalized spacial score (nSPS) is 12.6. The largest absolute Gasteiger partial charge is 0.490 e. The van der Waals surface area contributed by atoms with Crippen molar-refractivity contribution in [1.29, 1.82) is 0 Å². The SMILES string of the molecule is CCNC(=O)c1oc2cccc(OCC(O)CNC(C)C)c2c1C. The lowest BCUT2D eigenvalue weighted by Crippen LogP contribution is -2.35. The van der Waals surface area contributed by atoms with E-state index in [4.69, 9.17) is 9.15 Å². The first-order valence-electron chi connectivity index (χ1n) is 8.28. The van der Waals surface area contributed by atoms with Crippen LogP contribution in [0.1, 0.15) is 36.9 Å². The van der Waals surface area contributed by atoms with Crippen LogP contribution in [0.15, 0.2) is 22.6 Å². The maximum Gasteiger partial charge on any atom is 0.287 e. The van der Waals surface area contributed by atoms with E-state index in [0.717, 1.165) is 10.9 Å². The predicted octanol–water partition coefficient (Wildman–Crippen LogP) is 2.23. The van der Waals surface area contributed by atoms with Gasteiger partial charge in [-0.25, -0.2) is 0 Å². The molecule has 6 heteroatoms. The molecule has 1 unspecified atom stereocenters. The number of furan rings is 1. The molecular formula is C18H26N2O4. The Morgan fingerprint density at radius 1 is 1.38 bits per heavy atom. The zero-order valence-corrected chi connectivity index (χ0v) is 14.7. The number of ether oxygens (including phenoxy) is 1. The fourth-order valence-electron chi connectivity index (χ4n) is 2.46. The number of rotatable bonds is 8. The smallest absolute Gasteiger partial charge is 0.287 e. The van der Waals surface area contributed by atoms with E-state index in [1.54, 1.807) is 12.1 Å². The Morgan fingerprint density at radius 3 is 2.79 bits per heavy atom. The highest BCUT2D eigenvalue weighted by atomic mass is 16.5. The third-order valence-corrected chi connectivity index (χ3v) is 3.65. The number of carbonyl (C=O) groups is 1. The van der Waals surface area contributed by atoms with Crippen molar-refractivity contribution in [2.45, 2.75) is 39.8 Å². The molecule has 6 nitrogen and oxygen atoms in total. The van der Waals surface area contributed by atoms with E-state index >= 15 is 0 Å². The van der Waals surface area contributed by atoms with Crippen molar-refractivity contribution in [1.82, 2.24) is 10.6 Å². The molecule has 24 heavy (non-hydrogen) atoms. The minimum absolute atomic E-state index is 0.167. The first-order valence-corrected chi connectivity index (χ1v) is 8.28. The summed E-state index contributed by atoms with van der Waals surface area (Å²) in [5.41, 5.74) is 1.34. The number of hydrogen-bond donors (Lipinski definition) is 3. The molecule has 1 aromatic carbocycles. The first-order chi connectivity index (χ1) is 11.4. The van der Waals surface area contributed by atoms with Gasteiger partial charge in [-0.05, 0) is 26.0 Å². The first kappa shape index (κ1) is 18.3. The van der Waals surface area contributed by atoms with E-state index in [9.17, 15) is 9.90 Å². The van der Waals surface area contributed by atoms with Gasteiger partial charge in [0.25, 0.3) is 5.91 Å². The van der Waals surface area contributed by atoms with Gasteiger partial charge in [0.05, 0.1) is 5.39 Å². The average molecular weight is 334 g/mol. The Bertz CT molecular complexity index is 694. The fourth-order valence-corrected chi connectivity index (χ4v) is 2.46. The Morgan fingerprint density at radius 2 is 2.12 bits per heavy atom. The van der Waals surface area contributed by atoms with Gasteiger partial charge in [-0.2, -0.15) is 0 Å². The number of carbonyl (C=O) groups excluding carboxylic acids is 1. The monoisotopic (exact) mass is 334 g/mol. The molecule has 2 aromatic rings. The minimum atomic E-state index is -0.613. The topological polar surface area (TPSA) is 83.7 Å². The molecule has 0 aliphatic carbocycles. The molecule has 0 fully saturated rings. The number of aryl methyl sites for hydroxylation is 1. The second kappa shape index (κ2) is 8.17. The lowest BCUT2D eigenvalue weighted by molar-refractivity contribution is 0.0929. The van der Waals surface area contributed by atoms with Gasteiger partial charge < -0.3 is 24.9 Å². The van der Waals surface area contributed by atoms with Crippen LogP contribution in [0.25, 0.3) is 11.0 Å². The zero-order chi connectivity index (χ0) is 17.7. The lowest BCUT2D eigenvalue weighted by atomic mass is 10.1. The van der Waals surface area contributed by atoms with Crippen molar-refractivity contribution in [3.05, 3.63) is 29.5 Å². The predicted molar refractivity (Wildman–Crippen MR) is 93.6 cm³/mol. The third-order valence-electron chi connectivity index (χ3n) is 3.65. The molecule has 1 amide bonds. The fraction of sp³-hybridized carbons (Fsp3) is 0.500. The van der Waals surface area contributed by atoms with Gasteiger partial charge in [0.2, 0.25) is 0 Å². The Hall–Kier alpha value is -2.05. The van der Waals surface area contributed by atoms with Gasteiger partial charge in [0.15, 0.2) is 5.76 Å². The van der Waals surface area contributed by atoms with E-state index in [1.165, 1.54) is 0 Å². The maximum atomic E-state index is 12.1. The molecule has 0 aliphatic rings. The highest BCUT2D eigenvalue weighted by Crippen LogP contribution is 2.33. The second-order valence-corrected chi connectivity index (χ2v) is 6.07. The molecule has 1 atom stereocenters. The molecule has 3 N–H and O–H groups in total. The Labute approximate surface area is 142 Å². The summed E-state index contributed by atoms with van der Waals surface area (Å²) in [6, 6.07) is 5.73. The van der Waals surface area contributed by atoms with Gasteiger partial charge in [0, 0.05) is 24.7 Å². The summed E-state index contributed by atoms with van der Waals surface area (Å²) in [5, 5.41) is 16.7. The third kappa shape index (κ3) is 4.27. The highest BCUT2D eigenvalue weighted by molar-refractivity contribution is 6.00. The van der Waals surface area contributed by atoms with E-state index in [-0.39, 0.29) is 12.5 Å². The van der Waals surface area contributed by atoms with Crippen LogP contribution in [-0.4, -0.2) is 42.9 Å². The van der Waals surface area contributed by atoms with Crippen molar-refractivity contribution in [3.8, 4) is 5.75 Å². The molecule has 1 aromatic heterocycles. The summed E-state index contributed by atoms with van der Waals surface area (Å²) < 4.78 is 11.4. The number of fused-ring (bicyclic) bond motifs is 1. The van der Waals surface area contributed by atoms with Crippen LogP contribution in [0.3, 0.4) is 0 Å². The standard InChI is InChI=1S/C18H26N2O4/c1-5-19-18(22)17-12(4)16-14(7-6-8-15(16)24-17)23-10-13(21)9-20-11(2)3/h6-8,11,13,20-21H,5,9-10H2,1-4H3,(H,19,22). The molecule has 1 heterocycles. The summed E-state index contributed by atoms with van der Waals surface area (Å²) in [6.07, 6.45) is -0.613. The molecule has 132 valence electrons. The Balaban J connectivity index is 2.17. The van der Waals surface area contributed by atoms with E-state index in [0.29, 0.717) is 36.2 Å². The molecule has 0 radical (unpaired) electrons. The summed E-state index contributed by atoms with van der Waals surface area (Å²) >= 11 is 0. The second-order valence-electron chi connectivity index (χ2n) is 6.07. The zero-order valence-electron chi connectivity index (χ0n) is 14.7. The number of hydrogen-bond acceptors (Lipinski definition) is 5. The summed E-state index contributed by atoms with van der Waals surface area (Å²) in [5.74, 6) is 0.663. The maximum absolute atomic E-state index is 12.1. The van der Waals surface area contributed by atoms with Crippen molar-refractivity contribution >= 4 is 16.9 Å². The number of nitrogens with one attached hydrogen (secondary N) is 2. The van der Waals surface area contributed by atoms with Crippen LogP contribution in [0, 0.1) is 6.92 Å². The van der Waals surface area contributed by atoms with Crippen molar-refractivity contribution in [2.24, 2.45) is 0 Å². The van der Waals surface area contributed by atoms with Crippen molar-refractivity contribution in [2.75, 3.05) is 19.7 Å². The molecule has 0 saturated carbocycles. The molecule has 2 rings (SSSR count). The summed E-state index contributed by atoms with van der Waals surface area (Å²) in [4.78, 5) is 12.1. The number of amides is 1. The van der Waals surface area contributed by atoms with Gasteiger partial charge in [-0.3, -0.25) is 4.79 Å². The van der Waals surface area contributed by atoms with Crippen LogP contribution in [0.4, 0.5) is 0 Å². The molecular weight excluding hydrogens is 308 g/mol. The number of aliphatic hydroxyl groups is 1. The van der Waals surface area contributed by atoms with E-state index < -0.39 is 6.10 Å². The summed E-state index contributed by atoms with van der Waals surface area (Å²) in [7, 11) is 0. The van der Waals surface area contributed by atoms with Crippen LogP contribution in [0.2, 0.25) is 0 Å². The molecule has 0 saturated heterocycles. The highest BCUT2D eigenvalue weighted by Gasteiger charge is 2.20. The van der Waals surface area contributed by atoms with E-state index in [1.807, 2.05) is 33.8 Å². The lowest BCUT2D eigenvalue weighted by Gasteiger charge is -2.15. The minimum Gasteiger partial charge on any atom is -0.490 e. The van der Waals surface area contributed by atoms with Gasteiger partial charge in [-0.1, -0.05) is 19.9 Å². The van der Waals surface area contributed by atoms with Gasteiger partial charge in [0.1, 0.15) is 24.0 Å². The van der Waals surface area contributed by atoms with Gasteiger partial charge >= 0.3 is 0 Å². The van der Waals surface area contributed by atoms with Crippen molar-refractivity contribution in [3.63, 3.8) is 0 Å². The average Bonchev–Trinajstić information content (AvgIpc) is 2.89. The molecule has 0 bridgehead atoms. The summed E-state index contributed by atoms with van der Waals surface area (Å²) in [6.45, 7) is 8.89. The van der Waals surface area contributed by atoms with Crippen molar-refractivity contribution < 1.29 is 19.1 Å². The number of benzene rings is 1. The number of aliphatic hydroxyl groups excluding tert-OH is 1.